The smallest absolute Gasteiger partial charge is 0.324 e. The van der Waals surface area contributed by atoms with Crippen LogP contribution in [0.15, 0.2) is 48.5 Å². The largest absolute Gasteiger partial charge is 0.325 e. The molecule has 1 heterocycles. The fourth-order valence-electron chi connectivity index (χ4n) is 4.17. The van der Waals surface area contributed by atoms with Crippen LogP contribution in [0.3, 0.4) is 0 Å². The highest BCUT2D eigenvalue weighted by atomic mass is 35.5. The Bertz CT molecular complexity index is 1060. The van der Waals surface area contributed by atoms with Crippen LogP contribution in [0.4, 0.5) is 16.2 Å². The number of carbonyl (C=O) groups excluding carboxylic acids is 4. The van der Waals surface area contributed by atoms with Crippen molar-refractivity contribution in [1.82, 2.24) is 10.2 Å². The molecule has 2 aromatic carbocycles. The van der Waals surface area contributed by atoms with Crippen LogP contribution in [-0.4, -0.2) is 40.7 Å². The Balaban J connectivity index is 1.44. The van der Waals surface area contributed by atoms with E-state index in [0.717, 1.165) is 24.2 Å². The van der Waals surface area contributed by atoms with Crippen molar-refractivity contribution in [3.8, 4) is 0 Å². The number of urea groups is 1. The van der Waals surface area contributed by atoms with Gasteiger partial charge < -0.3 is 16.0 Å². The molecule has 2 fully saturated rings. The summed E-state index contributed by atoms with van der Waals surface area (Å²) in [6.07, 6.45) is 3.93. The normalized spacial score (nSPS) is 17.2. The second-order valence-electron chi connectivity index (χ2n) is 8.02. The fraction of sp³-hybridized carbons (Fsp3) is 0.304. The van der Waals surface area contributed by atoms with Crippen LogP contribution < -0.4 is 16.0 Å². The van der Waals surface area contributed by atoms with Gasteiger partial charge in [-0.15, -0.1) is 0 Å². The predicted molar refractivity (Wildman–Crippen MR) is 121 cm³/mol. The minimum Gasteiger partial charge on any atom is -0.324 e. The van der Waals surface area contributed by atoms with E-state index in [1.54, 1.807) is 48.5 Å². The highest BCUT2D eigenvalue weighted by Gasteiger charge is 2.51. The van der Waals surface area contributed by atoms with E-state index in [9.17, 15) is 19.2 Å². The number of para-hydroxylation sites is 1. The molecule has 0 bridgehead atoms. The van der Waals surface area contributed by atoms with E-state index in [2.05, 4.69) is 16.0 Å². The van der Waals surface area contributed by atoms with Gasteiger partial charge in [-0.05, 0) is 49.2 Å². The Morgan fingerprint density at radius 1 is 0.969 bits per heavy atom. The lowest BCUT2D eigenvalue weighted by Gasteiger charge is -2.30. The molecule has 2 aliphatic rings. The second kappa shape index (κ2) is 9.00. The van der Waals surface area contributed by atoms with Gasteiger partial charge in [-0.25, -0.2) is 4.79 Å². The zero-order valence-corrected chi connectivity index (χ0v) is 18.1. The first-order valence-electron chi connectivity index (χ1n) is 10.5. The zero-order valence-electron chi connectivity index (χ0n) is 17.3. The lowest BCUT2D eigenvalue weighted by molar-refractivity contribution is -0.134. The summed E-state index contributed by atoms with van der Waals surface area (Å²) in [5.41, 5.74) is 0.198. The van der Waals surface area contributed by atoms with Crippen molar-refractivity contribution in [1.29, 1.82) is 0 Å². The summed E-state index contributed by atoms with van der Waals surface area (Å²) in [7, 11) is 0. The lowest BCUT2D eigenvalue weighted by atomic mass is 9.82. The van der Waals surface area contributed by atoms with Crippen LogP contribution in [0.1, 0.15) is 42.5 Å². The first-order chi connectivity index (χ1) is 15.4. The van der Waals surface area contributed by atoms with Gasteiger partial charge in [0.25, 0.3) is 11.8 Å². The summed E-state index contributed by atoms with van der Waals surface area (Å²) in [6.45, 7) is -0.417. The summed E-state index contributed by atoms with van der Waals surface area (Å²) >= 11 is 5.87. The standard InChI is InChI=1S/C23H23ClN4O4/c24-15-8-10-16(11-9-15)25-20(30)17-6-2-3-7-18(17)26-19(29)14-28-21(31)23(27-22(28)32)12-4-1-5-13-23/h2-3,6-11H,1,4-5,12-14H2,(H,25,30)(H,26,29)(H,27,32). The number of halogens is 1. The minimum absolute atomic E-state index is 0.247. The van der Waals surface area contributed by atoms with E-state index in [4.69, 9.17) is 11.6 Å². The van der Waals surface area contributed by atoms with Crippen LogP contribution in [0.5, 0.6) is 0 Å². The first kappa shape index (κ1) is 21.8. The number of nitrogens with zero attached hydrogens (tertiary/aromatic N) is 1. The number of rotatable bonds is 5. The third-order valence-electron chi connectivity index (χ3n) is 5.80. The average molecular weight is 455 g/mol. The zero-order chi connectivity index (χ0) is 22.7. The Hall–Kier alpha value is -3.39. The van der Waals surface area contributed by atoms with Gasteiger partial charge in [0.15, 0.2) is 0 Å². The molecule has 9 heteroatoms. The summed E-state index contributed by atoms with van der Waals surface area (Å²) in [5.74, 6) is -1.33. The summed E-state index contributed by atoms with van der Waals surface area (Å²) in [4.78, 5) is 51.6. The third kappa shape index (κ3) is 4.45. The second-order valence-corrected chi connectivity index (χ2v) is 8.46. The van der Waals surface area contributed by atoms with Gasteiger partial charge in [0.05, 0.1) is 11.3 Å². The predicted octanol–water partition coefficient (Wildman–Crippen LogP) is 3.79. The molecule has 166 valence electrons. The fourth-order valence-corrected chi connectivity index (χ4v) is 4.30. The quantitative estimate of drug-likeness (QED) is 0.597. The van der Waals surface area contributed by atoms with Crippen molar-refractivity contribution in [2.24, 2.45) is 0 Å². The van der Waals surface area contributed by atoms with Crippen LogP contribution in [-0.2, 0) is 9.59 Å². The Labute approximate surface area is 190 Å². The van der Waals surface area contributed by atoms with Crippen LogP contribution >= 0.6 is 11.6 Å². The minimum atomic E-state index is -0.883. The van der Waals surface area contributed by atoms with Crippen LogP contribution in [0.25, 0.3) is 0 Å². The van der Waals surface area contributed by atoms with Crippen molar-refractivity contribution in [2.45, 2.75) is 37.6 Å². The maximum atomic E-state index is 12.9. The van der Waals surface area contributed by atoms with E-state index < -0.39 is 29.9 Å². The molecule has 0 radical (unpaired) electrons. The highest BCUT2D eigenvalue weighted by Crippen LogP contribution is 2.33. The number of benzene rings is 2. The molecule has 1 saturated heterocycles. The number of nitrogens with one attached hydrogen (secondary N) is 3. The molecular weight excluding hydrogens is 432 g/mol. The summed E-state index contributed by atoms with van der Waals surface area (Å²) in [6, 6.07) is 12.6. The number of anilines is 2. The van der Waals surface area contributed by atoms with Gasteiger partial charge in [0, 0.05) is 10.7 Å². The molecule has 1 aliphatic heterocycles. The molecule has 2 aromatic rings. The molecule has 1 aliphatic carbocycles. The Morgan fingerprint density at radius 3 is 2.38 bits per heavy atom. The Morgan fingerprint density at radius 2 is 1.66 bits per heavy atom. The van der Waals surface area contributed by atoms with Crippen molar-refractivity contribution >= 4 is 46.7 Å². The number of carbonyl (C=O) groups is 4. The van der Waals surface area contributed by atoms with E-state index >= 15 is 0 Å². The molecule has 0 atom stereocenters. The lowest BCUT2D eigenvalue weighted by Crippen LogP contribution is -2.48. The summed E-state index contributed by atoms with van der Waals surface area (Å²) in [5, 5.41) is 8.73. The number of hydrogen-bond donors (Lipinski definition) is 3. The average Bonchev–Trinajstić information content (AvgIpc) is 3.00. The van der Waals surface area contributed by atoms with E-state index in [1.165, 1.54) is 0 Å². The molecular formula is C23H23ClN4O4. The SMILES string of the molecule is O=C(CN1C(=O)NC2(CCCCC2)C1=O)Nc1ccccc1C(=O)Nc1ccc(Cl)cc1. The van der Waals surface area contributed by atoms with Gasteiger partial charge in [0.2, 0.25) is 5.91 Å². The monoisotopic (exact) mass is 454 g/mol. The molecule has 1 saturated carbocycles. The van der Waals surface area contributed by atoms with Crippen molar-refractivity contribution in [3.63, 3.8) is 0 Å². The van der Waals surface area contributed by atoms with Gasteiger partial charge in [-0.1, -0.05) is 43.0 Å². The maximum absolute atomic E-state index is 12.9. The topological polar surface area (TPSA) is 108 Å². The van der Waals surface area contributed by atoms with Crippen molar-refractivity contribution in [3.05, 3.63) is 59.1 Å². The van der Waals surface area contributed by atoms with Gasteiger partial charge in [-0.2, -0.15) is 0 Å². The van der Waals surface area contributed by atoms with Crippen LogP contribution in [0.2, 0.25) is 5.02 Å². The molecule has 1 spiro atoms. The third-order valence-corrected chi connectivity index (χ3v) is 6.05. The van der Waals surface area contributed by atoms with E-state index in [0.29, 0.717) is 23.6 Å². The van der Waals surface area contributed by atoms with Gasteiger partial charge in [0.1, 0.15) is 12.1 Å². The molecule has 3 N–H and O–H groups in total. The maximum Gasteiger partial charge on any atom is 0.325 e. The summed E-state index contributed by atoms with van der Waals surface area (Å²) < 4.78 is 0. The van der Waals surface area contributed by atoms with Crippen molar-refractivity contribution in [2.75, 3.05) is 17.2 Å². The molecule has 32 heavy (non-hydrogen) atoms. The first-order valence-corrected chi connectivity index (χ1v) is 10.9. The Kier molecular flexibility index (Phi) is 6.14. The molecule has 0 aromatic heterocycles. The number of imide groups is 1. The van der Waals surface area contributed by atoms with Gasteiger partial charge >= 0.3 is 6.03 Å². The number of amides is 5. The number of hydrogen-bond acceptors (Lipinski definition) is 4. The molecule has 0 unspecified atom stereocenters. The molecule has 5 amide bonds. The highest BCUT2D eigenvalue weighted by molar-refractivity contribution is 6.30. The van der Waals surface area contributed by atoms with Gasteiger partial charge in [-0.3, -0.25) is 19.3 Å². The van der Waals surface area contributed by atoms with E-state index in [1.807, 2.05) is 0 Å². The van der Waals surface area contributed by atoms with Crippen molar-refractivity contribution < 1.29 is 19.2 Å². The molecule has 4 rings (SSSR count). The molecule has 8 nitrogen and oxygen atoms in total. The van der Waals surface area contributed by atoms with E-state index in [-0.39, 0.29) is 17.2 Å². The van der Waals surface area contributed by atoms with Crippen LogP contribution in [0, 0.1) is 0 Å².